The molecule has 0 spiro atoms. The van der Waals surface area contributed by atoms with E-state index >= 15 is 0 Å². The van der Waals surface area contributed by atoms with Gasteiger partial charge in [-0.15, -0.1) is 0 Å². The summed E-state index contributed by atoms with van der Waals surface area (Å²) < 4.78 is 8.59. The van der Waals surface area contributed by atoms with E-state index in [9.17, 15) is 14.7 Å². The van der Waals surface area contributed by atoms with E-state index in [-0.39, 0.29) is 51.4 Å². The van der Waals surface area contributed by atoms with Gasteiger partial charge < -0.3 is 19.4 Å². The first-order valence-electron chi connectivity index (χ1n) is 2.61. The predicted octanol–water partition coefficient (Wildman–Crippen LogP) is -5.32. The number of hydrogen-bond acceptors (Lipinski definition) is 5. The molecule has 5 nitrogen and oxygen atoms in total. The van der Waals surface area contributed by atoms with Gasteiger partial charge in [-0.2, -0.15) is 0 Å². The van der Waals surface area contributed by atoms with Crippen molar-refractivity contribution in [1.29, 1.82) is 0 Å². The number of carbonyl (C=O) groups excluding carboxylic acids is 2. The van der Waals surface area contributed by atoms with Crippen LogP contribution in [-0.4, -0.2) is 31.3 Å². The van der Waals surface area contributed by atoms with Crippen LogP contribution in [0, 0.1) is 0 Å². The molecule has 6 heteroatoms. The Hall–Kier alpha value is 0.536. The summed E-state index contributed by atoms with van der Waals surface area (Å²) in [4.78, 5) is 20.4. The van der Waals surface area contributed by atoms with E-state index < -0.39 is 24.1 Å². The molecule has 1 fully saturated rings. The second-order valence-corrected chi connectivity index (χ2v) is 1.82. The molecule has 0 aliphatic carbocycles. The van der Waals surface area contributed by atoms with Crippen molar-refractivity contribution >= 4 is 11.9 Å². The topological polar surface area (TPSA) is 79.0 Å². The van der Waals surface area contributed by atoms with Crippen molar-refractivity contribution in [1.82, 2.24) is 0 Å². The fourth-order valence-corrected chi connectivity index (χ4v) is 0.587. The van der Waals surface area contributed by atoms with Crippen LogP contribution in [0.3, 0.4) is 0 Å². The number of rotatable bonds is 2. The van der Waals surface area contributed by atoms with Crippen LogP contribution in [0.25, 0.3) is 0 Å². The molecule has 0 radical (unpaired) electrons. The largest absolute Gasteiger partial charge is 1.00 e. The van der Waals surface area contributed by atoms with E-state index in [0.29, 0.717) is 0 Å². The Balaban J connectivity index is 0.000001000. The summed E-state index contributed by atoms with van der Waals surface area (Å²) in [6.45, 7) is 0. The van der Waals surface area contributed by atoms with Crippen LogP contribution in [0.15, 0.2) is 0 Å². The molecule has 1 heterocycles. The molecule has 11 heavy (non-hydrogen) atoms. The number of ether oxygens (including phenoxy) is 2. The fourth-order valence-electron chi connectivity index (χ4n) is 0.587. The molecule has 0 N–H and O–H groups in total. The number of hydrogen-bond donors (Lipinski definition) is 0. The molecule has 0 aromatic carbocycles. The molecule has 0 bridgehead atoms. The molecule has 0 aromatic rings. The van der Waals surface area contributed by atoms with Gasteiger partial charge in [0.2, 0.25) is 0 Å². The van der Waals surface area contributed by atoms with Gasteiger partial charge in [0, 0.05) is 0 Å². The summed E-state index contributed by atoms with van der Waals surface area (Å²) >= 11 is 0. The maximum Gasteiger partial charge on any atom is 1.00 e. The Labute approximate surface area is 105 Å². The minimum Gasteiger partial charge on any atom is -0.547 e. The first-order valence-corrected chi connectivity index (χ1v) is 2.61. The summed E-state index contributed by atoms with van der Waals surface area (Å²) in [6.07, 6.45) is -2.05. The maximum atomic E-state index is 10.5. The molecular weight excluding hydrogens is 179 g/mol. The van der Waals surface area contributed by atoms with Crippen molar-refractivity contribution in [2.75, 3.05) is 7.11 Å². The Morgan fingerprint density at radius 2 is 2.00 bits per heavy atom. The zero-order valence-corrected chi connectivity index (χ0v) is 9.32. The van der Waals surface area contributed by atoms with Crippen LogP contribution < -0.4 is 56.5 Å². The zero-order chi connectivity index (χ0) is 7.72. The van der Waals surface area contributed by atoms with E-state index in [0.717, 1.165) is 7.11 Å². The van der Waals surface area contributed by atoms with E-state index in [1.807, 2.05) is 0 Å². The van der Waals surface area contributed by atoms with Crippen LogP contribution in [0.1, 0.15) is 0 Å². The van der Waals surface area contributed by atoms with Gasteiger partial charge in [-0.05, 0) is 0 Å². The maximum absolute atomic E-state index is 10.5. The van der Waals surface area contributed by atoms with Gasteiger partial charge in [-0.25, -0.2) is 4.79 Å². The van der Waals surface area contributed by atoms with Gasteiger partial charge in [0.1, 0.15) is 6.10 Å². The molecule has 0 aromatic heterocycles. The third-order valence-corrected chi connectivity index (χ3v) is 1.16. The normalized spacial score (nSPS) is 26.6. The molecular formula is C5H5KO5. The quantitative estimate of drug-likeness (QED) is 0.243. The average Bonchev–Trinajstić information content (AvgIpc) is 2.64. The predicted molar refractivity (Wildman–Crippen MR) is 25.7 cm³/mol. The third-order valence-electron chi connectivity index (χ3n) is 1.16. The molecule has 2 unspecified atom stereocenters. The first kappa shape index (κ1) is 11.5. The summed E-state index contributed by atoms with van der Waals surface area (Å²) in [5.41, 5.74) is 0. The number of epoxide rings is 1. The molecule has 0 amide bonds. The van der Waals surface area contributed by atoms with E-state index in [1.54, 1.807) is 0 Å². The summed E-state index contributed by atoms with van der Waals surface area (Å²) in [6, 6.07) is 0. The van der Waals surface area contributed by atoms with E-state index in [4.69, 9.17) is 0 Å². The average molecular weight is 184 g/mol. The Morgan fingerprint density at radius 3 is 2.27 bits per heavy atom. The third kappa shape index (κ3) is 2.81. The van der Waals surface area contributed by atoms with Gasteiger partial charge in [0.05, 0.1) is 13.1 Å². The number of methoxy groups -OCH3 is 1. The SMILES string of the molecule is COC(=O)C1OC1C(=O)[O-].[K+]. The van der Waals surface area contributed by atoms with Crippen LogP contribution >= 0.6 is 0 Å². The smallest absolute Gasteiger partial charge is 0.547 e. The van der Waals surface area contributed by atoms with Crippen LogP contribution in [0.4, 0.5) is 0 Å². The minimum absolute atomic E-state index is 0. The van der Waals surface area contributed by atoms with Crippen molar-refractivity contribution < 1.29 is 75.6 Å². The monoisotopic (exact) mass is 184 g/mol. The Morgan fingerprint density at radius 1 is 1.45 bits per heavy atom. The van der Waals surface area contributed by atoms with Gasteiger partial charge in [-0.3, -0.25) is 0 Å². The second kappa shape index (κ2) is 4.53. The van der Waals surface area contributed by atoms with Gasteiger partial charge in [0.25, 0.3) is 0 Å². The molecule has 1 aliphatic rings. The minimum atomic E-state index is -1.38. The summed E-state index contributed by atoms with van der Waals surface area (Å²) in [7, 11) is 1.16. The summed E-state index contributed by atoms with van der Waals surface area (Å²) in [5.74, 6) is -2.05. The van der Waals surface area contributed by atoms with Gasteiger partial charge in [-0.1, -0.05) is 0 Å². The van der Waals surface area contributed by atoms with E-state index in [2.05, 4.69) is 9.47 Å². The number of carboxylic acids is 1. The van der Waals surface area contributed by atoms with Crippen LogP contribution in [-0.2, 0) is 19.1 Å². The number of carboxylic acid groups (broad SMARTS) is 1. The molecule has 2 atom stereocenters. The molecule has 1 rings (SSSR count). The molecule has 1 saturated heterocycles. The number of carbonyl (C=O) groups is 2. The molecule has 1 aliphatic heterocycles. The van der Waals surface area contributed by atoms with Gasteiger partial charge in [0.15, 0.2) is 6.10 Å². The second-order valence-electron chi connectivity index (χ2n) is 1.82. The Kier molecular flexibility index (Phi) is 4.76. The van der Waals surface area contributed by atoms with Crippen molar-refractivity contribution in [3.05, 3.63) is 0 Å². The van der Waals surface area contributed by atoms with Crippen molar-refractivity contribution in [3.63, 3.8) is 0 Å². The zero-order valence-electron chi connectivity index (χ0n) is 6.20. The first-order chi connectivity index (χ1) is 4.66. The van der Waals surface area contributed by atoms with Gasteiger partial charge >= 0.3 is 57.4 Å². The number of esters is 1. The van der Waals surface area contributed by atoms with Crippen LogP contribution in [0.5, 0.6) is 0 Å². The standard InChI is InChI=1S/C5H6O5.K/c1-9-5(8)3-2(10-3)4(6)7;/h2-3H,1H3,(H,6,7);/q;+1/p-1. The van der Waals surface area contributed by atoms with E-state index in [1.165, 1.54) is 0 Å². The van der Waals surface area contributed by atoms with Crippen LogP contribution in [0.2, 0.25) is 0 Å². The van der Waals surface area contributed by atoms with Crippen molar-refractivity contribution in [2.45, 2.75) is 12.2 Å². The molecule has 0 saturated carbocycles. The number of aliphatic carboxylic acids is 1. The van der Waals surface area contributed by atoms with Crippen molar-refractivity contribution in [2.24, 2.45) is 0 Å². The Bertz CT molecular complexity index is 180. The fraction of sp³-hybridized carbons (Fsp3) is 0.600. The molecule has 56 valence electrons. The van der Waals surface area contributed by atoms with Crippen molar-refractivity contribution in [3.8, 4) is 0 Å². The summed E-state index contributed by atoms with van der Waals surface area (Å²) in [5, 5.41) is 9.95.